The first kappa shape index (κ1) is 19.5. The quantitative estimate of drug-likeness (QED) is 0.583. The van der Waals surface area contributed by atoms with E-state index in [9.17, 15) is 4.79 Å². The van der Waals surface area contributed by atoms with Crippen LogP contribution in [0.25, 0.3) is 0 Å². The largest absolute Gasteiger partial charge is 0.496 e. The molecule has 0 spiro atoms. The third-order valence-corrected chi connectivity index (χ3v) is 3.98. The molecule has 6 heteroatoms. The second-order valence-electron chi connectivity index (χ2n) is 5.48. The zero-order valence-electron chi connectivity index (χ0n) is 15.5. The number of benzene rings is 2. The van der Waals surface area contributed by atoms with E-state index in [2.05, 4.69) is 10.5 Å². The van der Waals surface area contributed by atoms with E-state index in [-0.39, 0.29) is 5.91 Å². The Balaban J connectivity index is 2.16. The number of hydrazone groups is 1. The van der Waals surface area contributed by atoms with Crippen molar-refractivity contribution in [3.63, 3.8) is 0 Å². The minimum absolute atomic E-state index is 0.349. The predicted molar refractivity (Wildman–Crippen MR) is 101 cm³/mol. The van der Waals surface area contributed by atoms with Crippen LogP contribution >= 0.6 is 0 Å². The average Bonchev–Trinajstić information content (AvgIpc) is 2.68. The van der Waals surface area contributed by atoms with Crippen molar-refractivity contribution in [1.29, 1.82) is 0 Å². The van der Waals surface area contributed by atoms with Crippen molar-refractivity contribution in [3.05, 3.63) is 59.2 Å². The van der Waals surface area contributed by atoms with E-state index >= 15 is 0 Å². The Kier molecular flexibility index (Phi) is 7.17. The number of ether oxygens (including phenoxy) is 3. The molecule has 1 N–H and O–H groups in total. The van der Waals surface area contributed by atoms with Gasteiger partial charge in [-0.3, -0.25) is 4.79 Å². The zero-order valence-corrected chi connectivity index (χ0v) is 15.5. The molecule has 0 saturated heterocycles. The van der Waals surface area contributed by atoms with E-state index < -0.39 is 6.10 Å². The molecule has 0 radical (unpaired) electrons. The van der Waals surface area contributed by atoms with E-state index in [1.807, 2.05) is 49.4 Å². The maximum atomic E-state index is 12.3. The molecule has 2 aromatic rings. The lowest BCUT2D eigenvalue weighted by Gasteiger charge is -2.15. The first-order valence-corrected chi connectivity index (χ1v) is 8.30. The lowest BCUT2D eigenvalue weighted by molar-refractivity contribution is -0.131. The molecule has 1 amide bonds. The van der Waals surface area contributed by atoms with Crippen molar-refractivity contribution >= 4 is 12.1 Å². The second kappa shape index (κ2) is 9.58. The van der Waals surface area contributed by atoms with E-state index in [1.54, 1.807) is 20.4 Å². The van der Waals surface area contributed by atoms with Crippen LogP contribution in [0.15, 0.2) is 47.6 Å². The molecular formula is C20H24N2O4. The predicted octanol–water partition coefficient (Wildman–Crippen LogP) is 3.10. The summed E-state index contributed by atoms with van der Waals surface area (Å²) in [5, 5.41) is 4.05. The molecular weight excluding hydrogens is 332 g/mol. The Hall–Kier alpha value is -2.86. The van der Waals surface area contributed by atoms with Crippen LogP contribution < -0.4 is 14.9 Å². The van der Waals surface area contributed by atoms with Crippen LogP contribution in [0, 0.1) is 0 Å². The topological polar surface area (TPSA) is 69.2 Å². The molecule has 0 heterocycles. The first-order chi connectivity index (χ1) is 12.7. The Labute approximate surface area is 153 Å². The zero-order chi connectivity index (χ0) is 18.9. The lowest BCUT2D eigenvalue weighted by atomic mass is 10.1. The smallest absolute Gasteiger partial charge is 0.273 e. The van der Waals surface area contributed by atoms with Crippen LogP contribution in [-0.2, 0) is 16.0 Å². The molecule has 2 rings (SSSR count). The summed E-state index contributed by atoms with van der Waals surface area (Å²) in [6.45, 7) is 2.02. The highest BCUT2D eigenvalue weighted by Gasteiger charge is 2.19. The highest BCUT2D eigenvalue weighted by molar-refractivity contribution is 5.87. The molecule has 1 unspecified atom stereocenters. The Morgan fingerprint density at radius 2 is 1.85 bits per heavy atom. The van der Waals surface area contributed by atoms with Crippen molar-refractivity contribution in [2.24, 2.45) is 5.10 Å². The Morgan fingerprint density at radius 3 is 2.42 bits per heavy atom. The van der Waals surface area contributed by atoms with E-state index in [1.165, 1.54) is 7.11 Å². The van der Waals surface area contributed by atoms with Gasteiger partial charge < -0.3 is 14.2 Å². The van der Waals surface area contributed by atoms with E-state index in [4.69, 9.17) is 14.2 Å². The minimum atomic E-state index is -0.725. The number of hydrogen-bond donors (Lipinski definition) is 1. The fraction of sp³-hybridized carbons (Fsp3) is 0.300. The number of amides is 1. The number of nitrogens with zero attached hydrogens (tertiary/aromatic N) is 1. The number of methoxy groups -OCH3 is 3. The van der Waals surface area contributed by atoms with Crippen molar-refractivity contribution in [1.82, 2.24) is 5.43 Å². The van der Waals surface area contributed by atoms with Gasteiger partial charge in [-0.25, -0.2) is 5.43 Å². The molecule has 0 aliphatic rings. The standard InChI is InChI=1S/C20H24N2O4/c1-5-16-17(24-2)12-11-15(18(16)25-3)13-21-22-20(23)19(26-4)14-9-7-6-8-10-14/h6-13,19H,5H2,1-4H3,(H,22,23)/b21-13+. The van der Waals surface area contributed by atoms with Gasteiger partial charge in [-0.15, -0.1) is 0 Å². The van der Waals surface area contributed by atoms with Crippen LogP contribution in [0.1, 0.15) is 29.7 Å². The second-order valence-corrected chi connectivity index (χ2v) is 5.48. The van der Waals surface area contributed by atoms with Gasteiger partial charge in [-0.05, 0) is 24.1 Å². The van der Waals surface area contributed by atoms with E-state index in [0.29, 0.717) is 5.75 Å². The Bertz CT molecular complexity index is 760. The van der Waals surface area contributed by atoms with Crippen molar-refractivity contribution in [3.8, 4) is 11.5 Å². The molecule has 0 aliphatic heterocycles. The van der Waals surface area contributed by atoms with E-state index in [0.717, 1.165) is 28.9 Å². The summed E-state index contributed by atoms with van der Waals surface area (Å²) < 4.78 is 16.1. The summed E-state index contributed by atoms with van der Waals surface area (Å²) in [5.74, 6) is 1.09. The fourth-order valence-corrected chi connectivity index (χ4v) is 2.74. The minimum Gasteiger partial charge on any atom is -0.496 e. The summed E-state index contributed by atoms with van der Waals surface area (Å²) in [6, 6.07) is 12.9. The maximum Gasteiger partial charge on any atom is 0.273 e. The molecule has 138 valence electrons. The third kappa shape index (κ3) is 4.40. The summed E-state index contributed by atoms with van der Waals surface area (Å²) in [4.78, 5) is 12.3. The van der Waals surface area contributed by atoms with Crippen molar-refractivity contribution in [2.45, 2.75) is 19.4 Å². The van der Waals surface area contributed by atoms with Gasteiger partial charge in [0.2, 0.25) is 0 Å². The highest BCUT2D eigenvalue weighted by Crippen LogP contribution is 2.31. The highest BCUT2D eigenvalue weighted by atomic mass is 16.5. The van der Waals surface area contributed by atoms with Crippen molar-refractivity contribution in [2.75, 3.05) is 21.3 Å². The summed E-state index contributed by atoms with van der Waals surface area (Å²) in [5.41, 5.74) is 4.98. The van der Waals surface area contributed by atoms with Gasteiger partial charge in [0, 0.05) is 18.2 Å². The maximum absolute atomic E-state index is 12.3. The van der Waals surface area contributed by atoms with Gasteiger partial charge in [0.1, 0.15) is 11.5 Å². The molecule has 0 aromatic heterocycles. The summed E-state index contributed by atoms with van der Waals surface area (Å²) >= 11 is 0. The molecule has 6 nitrogen and oxygen atoms in total. The fourth-order valence-electron chi connectivity index (χ4n) is 2.74. The molecule has 0 fully saturated rings. The average molecular weight is 356 g/mol. The molecule has 0 bridgehead atoms. The number of rotatable bonds is 8. The number of carbonyl (C=O) groups excluding carboxylic acids is 1. The SMILES string of the molecule is CCc1c(OC)ccc(/C=N/NC(=O)C(OC)c2ccccc2)c1OC. The van der Waals surface area contributed by atoms with Gasteiger partial charge in [0.15, 0.2) is 6.10 Å². The number of nitrogens with one attached hydrogen (secondary N) is 1. The lowest BCUT2D eigenvalue weighted by Crippen LogP contribution is -2.26. The van der Waals surface area contributed by atoms with Crippen LogP contribution in [0.2, 0.25) is 0 Å². The van der Waals surface area contributed by atoms with Gasteiger partial charge >= 0.3 is 0 Å². The van der Waals surface area contributed by atoms with Crippen LogP contribution in [0.5, 0.6) is 11.5 Å². The van der Waals surface area contributed by atoms with Crippen molar-refractivity contribution < 1.29 is 19.0 Å². The molecule has 2 aromatic carbocycles. The number of hydrogen-bond acceptors (Lipinski definition) is 5. The molecule has 1 atom stereocenters. The van der Waals surface area contributed by atoms with Crippen LogP contribution in [0.4, 0.5) is 0 Å². The first-order valence-electron chi connectivity index (χ1n) is 8.30. The monoisotopic (exact) mass is 356 g/mol. The summed E-state index contributed by atoms with van der Waals surface area (Å²) in [7, 11) is 4.71. The number of carbonyl (C=O) groups is 1. The van der Waals surface area contributed by atoms with Gasteiger partial charge in [-0.1, -0.05) is 37.3 Å². The van der Waals surface area contributed by atoms with Crippen LogP contribution in [-0.4, -0.2) is 33.5 Å². The molecule has 0 aliphatic carbocycles. The van der Waals surface area contributed by atoms with Gasteiger partial charge in [-0.2, -0.15) is 5.10 Å². The summed E-state index contributed by atoms with van der Waals surface area (Å²) in [6.07, 6.45) is 1.57. The molecule has 0 saturated carbocycles. The molecule has 26 heavy (non-hydrogen) atoms. The van der Waals surface area contributed by atoms with Crippen LogP contribution in [0.3, 0.4) is 0 Å². The Morgan fingerprint density at radius 1 is 1.12 bits per heavy atom. The van der Waals surface area contributed by atoms with Gasteiger partial charge in [0.25, 0.3) is 5.91 Å². The third-order valence-electron chi connectivity index (χ3n) is 3.98. The normalized spacial score (nSPS) is 12.0. The van der Waals surface area contributed by atoms with Gasteiger partial charge in [0.05, 0.1) is 20.4 Å².